The van der Waals surface area contributed by atoms with Crippen molar-refractivity contribution in [1.29, 1.82) is 0 Å². The summed E-state index contributed by atoms with van der Waals surface area (Å²) in [5, 5.41) is 21.4. The lowest BCUT2D eigenvalue weighted by Crippen LogP contribution is -2.19. The lowest BCUT2D eigenvalue weighted by atomic mass is 10.0. The summed E-state index contributed by atoms with van der Waals surface area (Å²) in [7, 11) is 1.87. The Morgan fingerprint density at radius 2 is 1.97 bits per heavy atom. The van der Waals surface area contributed by atoms with Gasteiger partial charge >= 0.3 is 0 Å². The molecule has 0 aliphatic rings. The first-order valence-electron chi connectivity index (χ1n) is 11.6. The third-order valence-corrected chi connectivity index (χ3v) is 5.92. The third kappa shape index (κ3) is 4.89. The quantitative estimate of drug-likeness (QED) is 0.356. The van der Waals surface area contributed by atoms with Gasteiger partial charge in [-0.2, -0.15) is 10.1 Å². The summed E-state index contributed by atoms with van der Waals surface area (Å²) in [6.07, 6.45) is 6.24. The minimum absolute atomic E-state index is 0.285. The van der Waals surface area contributed by atoms with Crippen molar-refractivity contribution in [1.82, 2.24) is 29.3 Å². The number of benzene rings is 1. The van der Waals surface area contributed by atoms with E-state index in [2.05, 4.69) is 25.5 Å². The number of nitrogens with zero attached hydrogens (tertiary/aromatic N) is 6. The number of carbonyl (C=O) groups excluding carboxylic acids is 1. The predicted molar refractivity (Wildman–Crippen MR) is 134 cm³/mol. The first kappa shape index (κ1) is 23.4. The Kier molecular flexibility index (Phi) is 5.89. The van der Waals surface area contributed by atoms with E-state index in [1.165, 1.54) is 0 Å². The van der Waals surface area contributed by atoms with Gasteiger partial charge in [0, 0.05) is 42.7 Å². The van der Waals surface area contributed by atoms with Crippen LogP contribution in [0, 0.1) is 6.92 Å². The lowest BCUT2D eigenvalue weighted by Gasteiger charge is -2.14. The normalized spacial score (nSPS) is 11.8. The molecule has 1 amide bonds. The van der Waals surface area contributed by atoms with E-state index in [0.717, 1.165) is 16.8 Å². The molecule has 5 rings (SSSR count). The Balaban J connectivity index is 1.36. The molecule has 0 spiro atoms. The zero-order valence-electron chi connectivity index (χ0n) is 20.6. The van der Waals surface area contributed by atoms with E-state index in [9.17, 15) is 9.90 Å². The molecule has 184 valence electrons. The molecule has 0 aliphatic carbocycles. The summed E-state index contributed by atoms with van der Waals surface area (Å²) in [5.41, 5.74) is 4.26. The number of imidazole rings is 1. The molecule has 4 heterocycles. The SMILES string of the molecule is Cc1ccc(-c2noc(CCC(C)(C)O)n2)cc1NC(=O)c1cnc2cc(-c3ccn(C)n3)ccn12. The van der Waals surface area contributed by atoms with Gasteiger partial charge in [-0.1, -0.05) is 17.3 Å². The Labute approximate surface area is 207 Å². The summed E-state index contributed by atoms with van der Waals surface area (Å²) < 4.78 is 8.83. The van der Waals surface area contributed by atoms with Gasteiger partial charge in [0.05, 0.1) is 17.5 Å². The topological polar surface area (TPSA) is 123 Å². The number of rotatable bonds is 7. The zero-order chi connectivity index (χ0) is 25.4. The minimum Gasteiger partial charge on any atom is -0.390 e. The molecule has 10 heteroatoms. The lowest BCUT2D eigenvalue weighted by molar-refractivity contribution is 0.0689. The summed E-state index contributed by atoms with van der Waals surface area (Å²) >= 11 is 0. The highest BCUT2D eigenvalue weighted by Gasteiger charge is 2.18. The van der Waals surface area contributed by atoms with Crippen LogP contribution < -0.4 is 5.32 Å². The molecule has 0 saturated heterocycles. The first-order valence-corrected chi connectivity index (χ1v) is 11.6. The highest BCUT2D eigenvalue weighted by molar-refractivity contribution is 6.04. The van der Waals surface area contributed by atoms with Crippen LogP contribution in [0.2, 0.25) is 0 Å². The second-order valence-electron chi connectivity index (χ2n) is 9.47. The molecular formula is C26H27N7O3. The van der Waals surface area contributed by atoms with Crippen LogP contribution >= 0.6 is 0 Å². The molecule has 0 atom stereocenters. The Morgan fingerprint density at radius 3 is 2.72 bits per heavy atom. The zero-order valence-corrected chi connectivity index (χ0v) is 20.6. The Hall–Kier alpha value is -4.31. The summed E-state index contributed by atoms with van der Waals surface area (Å²) in [4.78, 5) is 22.0. The van der Waals surface area contributed by atoms with Crippen molar-refractivity contribution in [2.45, 2.75) is 39.2 Å². The number of anilines is 1. The van der Waals surface area contributed by atoms with E-state index in [4.69, 9.17) is 4.52 Å². The van der Waals surface area contributed by atoms with Crippen molar-refractivity contribution >= 4 is 17.2 Å². The summed E-state index contributed by atoms with van der Waals surface area (Å²) in [5.74, 6) is 0.592. The van der Waals surface area contributed by atoms with Gasteiger partial charge in [-0.3, -0.25) is 13.9 Å². The highest BCUT2D eigenvalue weighted by Crippen LogP contribution is 2.25. The van der Waals surface area contributed by atoms with E-state index in [-0.39, 0.29) is 5.91 Å². The minimum atomic E-state index is -0.812. The fourth-order valence-corrected chi connectivity index (χ4v) is 3.85. The molecule has 0 fully saturated rings. The summed E-state index contributed by atoms with van der Waals surface area (Å²) in [6, 6.07) is 11.3. The molecule has 0 unspecified atom stereocenters. The average molecular weight is 486 g/mol. The largest absolute Gasteiger partial charge is 0.390 e. The van der Waals surface area contributed by atoms with Crippen molar-refractivity contribution < 1.29 is 14.4 Å². The van der Waals surface area contributed by atoms with Gasteiger partial charge < -0.3 is 14.9 Å². The van der Waals surface area contributed by atoms with Crippen molar-refractivity contribution in [3.05, 3.63) is 72.1 Å². The van der Waals surface area contributed by atoms with Gasteiger partial charge in [0.2, 0.25) is 11.7 Å². The second-order valence-corrected chi connectivity index (χ2v) is 9.47. The predicted octanol–water partition coefficient (Wildman–Crippen LogP) is 4.05. The van der Waals surface area contributed by atoms with Crippen molar-refractivity contribution in [2.24, 2.45) is 7.05 Å². The molecular weight excluding hydrogens is 458 g/mol. The number of hydrogen-bond donors (Lipinski definition) is 2. The van der Waals surface area contributed by atoms with Gasteiger partial charge in [0.1, 0.15) is 11.3 Å². The summed E-state index contributed by atoms with van der Waals surface area (Å²) in [6.45, 7) is 5.39. The van der Waals surface area contributed by atoms with Crippen LogP contribution in [0.15, 0.2) is 59.5 Å². The molecule has 0 radical (unpaired) electrons. The maximum Gasteiger partial charge on any atom is 0.274 e. The average Bonchev–Trinajstić information content (AvgIpc) is 3.57. The number of carbonyl (C=O) groups is 1. The first-order chi connectivity index (χ1) is 17.2. The van der Waals surface area contributed by atoms with E-state index >= 15 is 0 Å². The maximum absolute atomic E-state index is 13.2. The van der Waals surface area contributed by atoms with E-state index in [1.54, 1.807) is 29.1 Å². The van der Waals surface area contributed by atoms with Crippen molar-refractivity contribution in [3.63, 3.8) is 0 Å². The number of aromatic nitrogens is 6. The highest BCUT2D eigenvalue weighted by atomic mass is 16.5. The molecule has 0 saturated carbocycles. The molecule has 2 N–H and O–H groups in total. The van der Waals surface area contributed by atoms with Gasteiger partial charge in [0.25, 0.3) is 5.91 Å². The van der Waals surface area contributed by atoms with Gasteiger partial charge in [0.15, 0.2) is 0 Å². The van der Waals surface area contributed by atoms with Crippen LogP contribution in [-0.4, -0.2) is 45.9 Å². The number of amides is 1. The molecule has 10 nitrogen and oxygen atoms in total. The number of fused-ring (bicyclic) bond motifs is 1. The van der Waals surface area contributed by atoms with Crippen LogP contribution in [0.25, 0.3) is 28.3 Å². The monoisotopic (exact) mass is 485 g/mol. The van der Waals surface area contributed by atoms with Crippen LogP contribution in [0.4, 0.5) is 5.69 Å². The number of hydrogen-bond acceptors (Lipinski definition) is 7. The fourth-order valence-electron chi connectivity index (χ4n) is 3.85. The second kappa shape index (κ2) is 9.04. The van der Waals surface area contributed by atoms with Gasteiger partial charge in [-0.25, -0.2) is 4.98 Å². The van der Waals surface area contributed by atoms with Crippen LogP contribution in [0.3, 0.4) is 0 Å². The van der Waals surface area contributed by atoms with Crippen LogP contribution in [0.1, 0.15) is 42.2 Å². The smallest absolute Gasteiger partial charge is 0.274 e. The molecule has 5 aromatic rings. The number of aryl methyl sites for hydroxylation is 3. The van der Waals surface area contributed by atoms with E-state index in [0.29, 0.717) is 47.1 Å². The fraction of sp³-hybridized carbons (Fsp3) is 0.269. The van der Waals surface area contributed by atoms with Crippen LogP contribution in [-0.2, 0) is 13.5 Å². The maximum atomic E-state index is 13.2. The number of nitrogens with one attached hydrogen (secondary N) is 1. The number of pyridine rings is 1. The Morgan fingerprint density at radius 1 is 1.14 bits per heavy atom. The van der Waals surface area contributed by atoms with E-state index in [1.807, 2.05) is 62.8 Å². The number of aliphatic hydroxyl groups is 1. The third-order valence-electron chi connectivity index (χ3n) is 5.92. The molecule has 1 aromatic carbocycles. The van der Waals surface area contributed by atoms with Gasteiger partial charge in [-0.05, 0) is 57.0 Å². The molecule has 4 aromatic heterocycles. The molecule has 0 bridgehead atoms. The van der Waals surface area contributed by atoms with Crippen LogP contribution in [0.5, 0.6) is 0 Å². The molecule has 0 aliphatic heterocycles. The molecule has 36 heavy (non-hydrogen) atoms. The van der Waals surface area contributed by atoms with Crippen molar-refractivity contribution in [3.8, 4) is 22.6 Å². The van der Waals surface area contributed by atoms with Crippen molar-refractivity contribution in [2.75, 3.05) is 5.32 Å². The van der Waals surface area contributed by atoms with E-state index < -0.39 is 5.60 Å². The standard InChI is InChI=1S/C26H27N7O3/c1-16-5-6-18(24-29-23(36-31-24)7-10-26(2,3)35)13-20(16)28-25(34)21-15-27-22-14-17(8-12-33(21)22)19-9-11-32(4)30-19/h5-6,8-9,11-15,35H,7,10H2,1-4H3,(H,28,34). The van der Waals surface area contributed by atoms with Gasteiger partial charge in [-0.15, -0.1) is 0 Å². The Bertz CT molecular complexity index is 1560.